The van der Waals surface area contributed by atoms with Crippen LogP contribution in [0.1, 0.15) is 37.7 Å². The molecule has 6 rings (SSSR count). The Bertz CT molecular complexity index is 1200. The monoisotopic (exact) mass is 469 g/mol. The maximum absolute atomic E-state index is 14.4. The number of aromatic nitrogens is 1. The predicted molar refractivity (Wildman–Crippen MR) is 120 cm³/mol. The second-order valence-electron chi connectivity index (χ2n) is 10.4. The molecule has 1 aromatic carbocycles. The quantitative estimate of drug-likeness (QED) is 0.741. The van der Waals surface area contributed by atoms with E-state index in [1.54, 1.807) is 35.4 Å². The Kier molecular flexibility index (Phi) is 4.66. The van der Waals surface area contributed by atoms with Gasteiger partial charge in [-0.3, -0.25) is 9.78 Å². The molecule has 2 aromatic rings. The number of nitrogens with zero attached hydrogens (tertiary/aromatic N) is 4. The summed E-state index contributed by atoms with van der Waals surface area (Å²) in [5.41, 5.74) is -2.09. The number of hydrogen-bond acceptors (Lipinski definition) is 5. The Balaban J connectivity index is 1.27. The number of nitriles is 1. The summed E-state index contributed by atoms with van der Waals surface area (Å²) in [6.07, 6.45) is 0.941. The van der Waals surface area contributed by atoms with Crippen molar-refractivity contribution >= 4 is 22.5 Å². The van der Waals surface area contributed by atoms with E-state index < -0.39 is 22.9 Å². The smallest absolute Gasteiger partial charge is 0.369 e. The van der Waals surface area contributed by atoms with Gasteiger partial charge in [-0.2, -0.15) is 18.4 Å². The van der Waals surface area contributed by atoms with Crippen molar-refractivity contribution in [2.24, 2.45) is 10.8 Å². The first-order valence-electron chi connectivity index (χ1n) is 11.9. The number of anilines is 1. The molecular weight excluding hydrogens is 443 g/mol. The van der Waals surface area contributed by atoms with Crippen molar-refractivity contribution in [3.63, 3.8) is 0 Å². The molecule has 1 aromatic heterocycles. The van der Waals surface area contributed by atoms with Gasteiger partial charge in [-0.25, -0.2) is 0 Å². The van der Waals surface area contributed by atoms with Gasteiger partial charge in [-0.1, -0.05) is 0 Å². The molecule has 0 spiro atoms. The highest BCUT2D eigenvalue weighted by atomic mass is 19.4. The molecule has 2 unspecified atom stereocenters. The van der Waals surface area contributed by atoms with Gasteiger partial charge in [-0.15, -0.1) is 0 Å². The number of hydrogen-bond donors (Lipinski definition) is 1. The number of benzene rings is 1. The number of nitrogens with one attached hydrogen (secondary N) is 1. The van der Waals surface area contributed by atoms with E-state index in [1.165, 1.54) is 12.8 Å². The maximum Gasteiger partial charge on any atom is 0.397 e. The van der Waals surface area contributed by atoms with Gasteiger partial charge in [0, 0.05) is 55.5 Å². The molecule has 2 saturated heterocycles. The molecule has 1 amide bonds. The normalized spacial score (nSPS) is 29.6. The van der Waals surface area contributed by atoms with Gasteiger partial charge in [0.2, 0.25) is 5.91 Å². The van der Waals surface area contributed by atoms with E-state index in [-0.39, 0.29) is 25.6 Å². The highest BCUT2D eigenvalue weighted by molar-refractivity contribution is 5.97. The van der Waals surface area contributed by atoms with Gasteiger partial charge >= 0.3 is 6.18 Å². The number of amides is 1. The number of likely N-dealkylation sites (tertiary alicyclic amines) is 1. The summed E-state index contributed by atoms with van der Waals surface area (Å²) in [6, 6.07) is 9.43. The molecule has 2 aliphatic heterocycles. The molecule has 1 N–H and O–H groups in total. The second kappa shape index (κ2) is 7.32. The van der Waals surface area contributed by atoms with Crippen LogP contribution in [0.3, 0.4) is 0 Å². The molecule has 9 heteroatoms. The molecule has 6 nitrogen and oxygen atoms in total. The van der Waals surface area contributed by atoms with Crippen LogP contribution in [0.5, 0.6) is 0 Å². The van der Waals surface area contributed by atoms with Crippen LogP contribution < -0.4 is 10.2 Å². The van der Waals surface area contributed by atoms with Crippen molar-refractivity contribution in [1.29, 1.82) is 5.26 Å². The van der Waals surface area contributed by atoms with Crippen LogP contribution in [0.2, 0.25) is 0 Å². The fraction of sp³-hybridized carbons (Fsp3) is 0.560. The molecule has 2 atom stereocenters. The first kappa shape index (κ1) is 21.7. The predicted octanol–water partition coefficient (Wildman–Crippen LogP) is 3.61. The minimum atomic E-state index is -4.48. The third kappa shape index (κ3) is 3.11. The zero-order valence-corrected chi connectivity index (χ0v) is 18.7. The fourth-order valence-corrected chi connectivity index (χ4v) is 6.29. The van der Waals surface area contributed by atoms with Crippen molar-refractivity contribution < 1.29 is 18.0 Å². The number of alkyl halides is 3. The molecule has 4 aliphatic rings. The largest absolute Gasteiger partial charge is 0.397 e. The summed E-state index contributed by atoms with van der Waals surface area (Å²) >= 11 is 0. The topological polar surface area (TPSA) is 72.3 Å². The highest BCUT2D eigenvalue weighted by Crippen LogP contribution is 2.75. The van der Waals surface area contributed by atoms with Crippen LogP contribution in [-0.2, 0) is 4.79 Å². The number of fused-ring (bicyclic) bond motifs is 2. The summed E-state index contributed by atoms with van der Waals surface area (Å²) in [4.78, 5) is 21.8. The van der Waals surface area contributed by atoms with Crippen molar-refractivity contribution in [3.05, 3.63) is 36.0 Å². The van der Waals surface area contributed by atoms with Gasteiger partial charge in [0.25, 0.3) is 0 Å². The number of carbonyl (C=O) groups is 1. The lowest BCUT2D eigenvalue weighted by Gasteiger charge is -2.33. The maximum atomic E-state index is 14.4. The Morgan fingerprint density at radius 3 is 2.59 bits per heavy atom. The zero-order chi connectivity index (χ0) is 23.7. The Labute approximate surface area is 195 Å². The van der Waals surface area contributed by atoms with E-state index in [9.17, 15) is 23.2 Å². The van der Waals surface area contributed by atoms with Crippen molar-refractivity contribution in [3.8, 4) is 6.07 Å². The van der Waals surface area contributed by atoms with Crippen LogP contribution in [0, 0.1) is 22.2 Å². The van der Waals surface area contributed by atoms with Crippen molar-refractivity contribution in [2.75, 3.05) is 31.1 Å². The number of piperidine rings is 2. The molecule has 178 valence electrons. The van der Waals surface area contributed by atoms with Crippen LogP contribution in [0.25, 0.3) is 10.9 Å². The highest BCUT2D eigenvalue weighted by Gasteiger charge is 2.86. The molecule has 0 radical (unpaired) electrons. The lowest BCUT2D eigenvalue weighted by molar-refractivity contribution is -0.191. The Morgan fingerprint density at radius 2 is 1.91 bits per heavy atom. The van der Waals surface area contributed by atoms with Crippen LogP contribution in [0.4, 0.5) is 18.9 Å². The summed E-state index contributed by atoms with van der Waals surface area (Å²) in [6.45, 7) is 1.53. The fourth-order valence-electron chi connectivity index (χ4n) is 6.29. The van der Waals surface area contributed by atoms with Gasteiger partial charge in [0.05, 0.1) is 16.5 Å². The van der Waals surface area contributed by atoms with Gasteiger partial charge in [0.1, 0.15) is 11.5 Å². The molecule has 4 fully saturated rings. The number of rotatable bonds is 4. The van der Waals surface area contributed by atoms with E-state index in [0.29, 0.717) is 28.2 Å². The summed E-state index contributed by atoms with van der Waals surface area (Å²) < 4.78 is 43.1. The minimum Gasteiger partial charge on any atom is -0.369 e. The number of pyridine rings is 1. The second-order valence-corrected chi connectivity index (χ2v) is 10.4. The Hall–Kier alpha value is -2.86. The summed E-state index contributed by atoms with van der Waals surface area (Å²) in [5.74, 6) is -0.465. The van der Waals surface area contributed by atoms with Crippen molar-refractivity contribution in [2.45, 2.75) is 50.4 Å². The molecule has 0 bridgehead atoms. The third-order valence-electron chi connectivity index (χ3n) is 8.43. The lowest BCUT2D eigenvalue weighted by atomic mass is 9.93. The van der Waals surface area contributed by atoms with E-state index >= 15 is 0 Å². The van der Waals surface area contributed by atoms with Crippen LogP contribution >= 0.6 is 0 Å². The van der Waals surface area contributed by atoms with E-state index in [4.69, 9.17) is 0 Å². The molecule has 2 saturated carbocycles. The zero-order valence-electron chi connectivity index (χ0n) is 18.7. The average Bonchev–Trinajstić information content (AvgIpc) is 3.75. The van der Waals surface area contributed by atoms with Crippen molar-refractivity contribution in [1.82, 2.24) is 15.2 Å². The SMILES string of the molecule is N#Cc1ccc(N2CC3(C(=O)NC4CCN(C5CC5)CC4)CC3(C(F)(F)F)C2)c2cccnc12. The molecule has 34 heavy (non-hydrogen) atoms. The van der Waals surface area contributed by atoms with Crippen LogP contribution in [-0.4, -0.2) is 60.2 Å². The number of carbonyl (C=O) groups excluding carboxylic acids is 1. The first-order valence-corrected chi connectivity index (χ1v) is 11.9. The summed E-state index contributed by atoms with van der Waals surface area (Å²) in [5, 5.41) is 13.0. The average molecular weight is 470 g/mol. The van der Waals surface area contributed by atoms with Crippen LogP contribution in [0.15, 0.2) is 30.5 Å². The Morgan fingerprint density at radius 1 is 1.15 bits per heavy atom. The van der Waals surface area contributed by atoms with Gasteiger partial charge < -0.3 is 15.1 Å². The summed E-state index contributed by atoms with van der Waals surface area (Å²) in [7, 11) is 0. The van der Waals surface area contributed by atoms with Gasteiger partial charge in [-0.05, 0) is 56.4 Å². The third-order valence-corrected chi connectivity index (χ3v) is 8.43. The molecule has 2 aliphatic carbocycles. The molecular formula is C25H26F3N5O. The van der Waals surface area contributed by atoms with E-state index in [0.717, 1.165) is 25.9 Å². The van der Waals surface area contributed by atoms with E-state index in [1.807, 2.05) is 0 Å². The van der Waals surface area contributed by atoms with Gasteiger partial charge in [0.15, 0.2) is 0 Å². The lowest BCUT2D eigenvalue weighted by Crippen LogP contribution is -2.49. The minimum absolute atomic E-state index is 0.00908. The van der Waals surface area contributed by atoms with E-state index in [2.05, 4.69) is 21.3 Å². The molecule has 3 heterocycles. The number of halogens is 3. The standard InChI is InChI=1S/C25H26F3N5O/c26-25(27,28)24-13-23(24,22(34)31-17-7-10-32(11-8-17)18-4-5-18)14-33(15-24)20-6-3-16(12-29)21-19(20)2-1-9-30-21/h1-3,6,9,17-18H,4-5,7-8,10-11,13-15H2,(H,31,34). The first-order chi connectivity index (χ1) is 16.3.